The summed E-state index contributed by atoms with van der Waals surface area (Å²) in [4.78, 5) is 4.41. The van der Waals surface area contributed by atoms with Gasteiger partial charge in [0.1, 0.15) is 11.9 Å². The van der Waals surface area contributed by atoms with Gasteiger partial charge in [-0.15, -0.1) is 0 Å². The van der Waals surface area contributed by atoms with E-state index in [9.17, 15) is 0 Å². The van der Waals surface area contributed by atoms with Crippen LogP contribution in [0.2, 0.25) is 0 Å². The van der Waals surface area contributed by atoms with E-state index in [4.69, 9.17) is 10.6 Å². The normalized spacial score (nSPS) is 13.9. The number of aryl methyl sites for hydroxylation is 1. The van der Waals surface area contributed by atoms with Crippen LogP contribution in [0.1, 0.15) is 45.5 Å². The Balaban J connectivity index is 3.13. The van der Waals surface area contributed by atoms with Gasteiger partial charge in [0.2, 0.25) is 0 Å². The molecule has 0 aromatic carbocycles. The molecule has 98 valence electrons. The number of nitrogens with zero attached hydrogens (tertiary/aromatic N) is 2. The molecule has 0 spiro atoms. The molecule has 1 heterocycles. The third-order valence-corrected chi connectivity index (χ3v) is 3.64. The van der Waals surface area contributed by atoms with Crippen LogP contribution in [-0.4, -0.2) is 22.3 Å². The third-order valence-electron chi connectivity index (χ3n) is 3.64. The van der Waals surface area contributed by atoms with Gasteiger partial charge >= 0.3 is 0 Å². The van der Waals surface area contributed by atoms with Crippen molar-refractivity contribution in [2.24, 2.45) is 5.84 Å². The van der Waals surface area contributed by atoms with Crippen molar-refractivity contribution in [3.8, 4) is 0 Å². The van der Waals surface area contributed by atoms with Crippen molar-refractivity contribution in [1.29, 1.82) is 0 Å². The molecule has 17 heavy (non-hydrogen) atoms. The van der Waals surface area contributed by atoms with E-state index in [1.807, 2.05) is 6.20 Å². The lowest BCUT2D eigenvalue weighted by Gasteiger charge is -2.37. The van der Waals surface area contributed by atoms with Crippen LogP contribution in [0.15, 0.2) is 12.4 Å². The van der Waals surface area contributed by atoms with Gasteiger partial charge in [0.05, 0.1) is 5.60 Å². The molecule has 0 fully saturated rings. The fraction of sp³-hybridized carbons (Fsp3) is 0.750. The molecule has 1 aromatic rings. The summed E-state index contributed by atoms with van der Waals surface area (Å²) in [6.45, 7) is 7.18. The number of aromatic nitrogens is 2. The predicted octanol–water partition coefficient (Wildman–Crippen LogP) is 1.61. The molecule has 0 aliphatic heterocycles. The van der Waals surface area contributed by atoms with Crippen LogP contribution in [0.4, 0.5) is 0 Å². The van der Waals surface area contributed by atoms with E-state index in [2.05, 4.69) is 35.7 Å². The van der Waals surface area contributed by atoms with Crippen molar-refractivity contribution in [1.82, 2.24) is 15.0 Å². The lowest BCUT2D eigenvalue weighted by Crippen LogP contribution is -2.48. The first kappa shape index (κ1) is 14.2. The Morgan fingerprint density at radius 2 is 2.12 bits per heavy atom. The van der Waals surface area contributed by atoms with Gasteiger partial charge in [-0.05, 0) is 19.8 Å². The molecule has 1 atom stereocenters. The molecule has 0 aliphatic rings. The number of methoxy groups -OCH3 is 1. The number of nitrogens with one attached hydrogen (secondary N) is 1. The number of rotatable bonds is 7. The van der Waals surface area contributed by atoms with Gasteiger partial charge in [-0.1, -0.05) is 13.8 Å². The van der Waals surface area contributed by atoms with E-state index in [1.165, 1.54) is 0 Å². The molecule has 5 nitrogen and oxygen atoms in total. The zero-order chi connectivity index (χ0) is 12.9. The predicted molar refractivity (Wildman–Crippen MR) is 68.3 cm³/mol. The molecular weight excluding hydrogens is 216 g/mol. The molecule has 0 bridgehead atoms. The second-order valence-electron chi connectivity index (χ2n) is 4.15. The van der Waals surface area contributed by atoms with Crippen LogP contribution in [0.3, 0.4) is 0 Å². The standard InChI is InChI=1S/C12H24N4O/c1-5-12(6-2,17-4)10(15-13)11-14-8-9-16(11)7-3/h8-10,15H,5-7,13H2,1-4H3. The highest BCUT2D eigenvalue weighted by Gasteiger charge is 2.38. The molecular formula is C12H24N4O. The summed E-state index contributed by atoms with van der Waals surface area (Å²) < 4.78 is 7.80. The van der Waals surface area contributed by atoms with Gasteiger partial charge < -0.3 is 9.30 Å². The summed E-state index contributed by atoms with van der Waals surface area (Å²) in [5.41, 5.74) is 2.55. The summed E-state index contributed by atoms with van der Waals surface area (Å²) in [6, 6.07) is -0.0996. The average molecular weight is 240 g/mol. The number of hydrogen-bond donors (Lipinski definition) is 2. The quantitative estimate of drug-likeness (QED) is 0.561. The summed E-state index contributed by atoms with van der Waals surface area (Å²) in [5.74, 6) is 6.65. The van der Waals surface area contributed by atoms with Crippen LogP contribution in [0.25, 0.3) is 0 Å². The summed E-state index contributed by atoms with van der Waals surface area (Å²) >= 11 is 0. The molecule has 0 saturated carbocycles. The van der Waals surface area contributed by atoms with Crippen molar-refractivity contribution in [2.75, 3.05) is 7.11 Å². The molecule has 1 unspecified atom stereocenters. The Hall–Kier alpha value is -0.910. The Morgan fingerprint density at radius 1 is 1.47 bits per heavy atom. The largest absolute Gasteiger partial charge is 0.376 e. The van der Waals surface area contributed by atoms with Crippen LogP contribution in [0, 0.1) is 0 Å². The van der Waals surface area contributed by atoms with E-state index in [1.54, 1.807) is 13.3 Å². The Morgan fingerprint density at radius 3 is 2.53 bits per heavy atom. The molecule has 3 N–H and O–H groups in total. The van der Waals surface area contributed by atoms with E-state index >= 15 is 0 Å². The smallest absolute Gasteiger partial charge is 0.130 e. The topological polar surface area (TPSA) is 65.1 Å². The van der Waals surface area contributed by atoms with Crippen LogP contribution in [0.5, 0.6) is 0 Å². The zero-order valence-electron chi connectivity index (χ0n) is 11.2. The fourth-order valence-electron chi connectivity index (χ4n) is 2.37. The van der Waals surface area contributed by atoms with Gasteiger partial charge in [-0.3, -0.25) is 5.84 Å². The minimum atomic E-state index is -0.312. The minimum Gasteiger partial charge on any atom is -0.376 e. The van der Waals surface area contributed by atoms with Crippen LogP contribution < -0.4 is 11.3 Å². The average Bonchev–Trinajstić information content (AvgIpc) is 2.84. The molecule has 0 aliphatic carbocycles. The summed E-state index contributed by atoms with van der Waals surface area (Å²) in [5, 5.41) is 0. The lowest BCUT2D eigenvalue weighted by atomic mass is 9.88. The highest BCUT2D eigenvalue weighted by molar-refractivity contribution is 5.07. The maximum absolute atomic E-state index is 5.72. The first-order valence-corrected chi connectivity index (χ1v) is 6.21. The van der Waals surface area contributed by atoms with Gasteiger partial charge in [0, 0.05) is 26.0 Å². The van der Waals surface area contributed by atoms with E-state index in [0.29, 0.717) is 0 Å². The second kappa shape index (κ2) is 6.14. The second-order valence-corrected chi connectivity index (χ2v) is 4.15. The minimum absolute atomic E-state index is 0.0996. The maximum Gasteiger partial charge on any atom is 0.130 e. The number of hydrazine groups is 1. The maximum atomic E-state index is 5.72. The first-order chi connectivity index (χ1) is 8.18. The van der Waals surface area contributed by atoms with Gasteiger partial charge in [-0.2, -0.15) is 0 Å². The van der Waals surface area contributed by atoms with Crippen LogP contribution in [-0.2, 0) is 11.3 Å². The molecule has 1 rings (SSSR count). The lowest BCUT2D eigenvalue weighted by molar-refractivity contribution is -0.0516. The Kier molecular flexibility index (Phi) is 5.11. The highest BCUT2D eigenvalue weighted by atomic mass is 16.5. The van der Waals surface area contributed by atoms with Crippen molar-refractivity contribution >= 4 is 0 Å². The summed E-state index contributed by atoms with van der Waals surface area (Å²) in [6.07, 6.45) is 5.53. The van der Waals surface area contributed by atoms with Crippen molar-refractivity contribution in [3.05, 3.63) is 18.2 Å². The van der Waals surface area contributed by atoms with E-state index in [-0.39, 0.29) is 11.6 Å². The SMILES string of the molecule is CCn1ccnc1C(NN)C(CC)(CC)OC. The van der Waals surface area contributed by atoms with Gasteiger partial charge in [-0.25, -0.2) is 10.4 Å². The number of imidazole rings is 1. The van der Waals surface area contributed by atoms with Crippen molar-refractivity contribution in [2.45, 2.75) is 51.8 Å². The highest BCUT2D eigenvalue weighted by Crippen LogP contribution is 2.33. The first-order valence-electron chi connectivity index (χ1n) is 6.21. The Bertz CT molecular complexity index is 325. The fourth-order valence-corrected chi connectivity index (χ4v) is 2.37. The number of hydrogen-bond acceptors (Lipinski definition) is 4. The van der Waals surface area contributed by atoms with Crippen LogP contribution >= 0.6 is 0 Å². The molecule has 1 aromatic heterocycles. The van der Waals surface area contributed by atoms with Crippen molar-refractivity contribution < 1.29 is 4.74 Å². The molecule has 0 amide bonds. The third kappa shape index (κ3) is 2.51. The Labute approximate surface area is 103 Å². The van der Waals surface area contributed by atoms with Crippen molar-refractivity contribution in [3.63, 3.8) is 0 Å². The molecule has 5 heteroatoms. The molecule has 0 radical (unpaired) electrons. The van der Waals surface area contributed by atoms with E-state index in [0.717, 1.165) is 25.2 Å². The number of ether oxygens (including phenoxy) is 1. The summed E-state index contributed by atoms with van der Waals surface area (Å²) in [7, 11) is 1.73. The van der Waals surface area contributed by atoms with E-state index < -0.39 is 0 Å². The zero-order valence-corrected chi connectivity index (χ0v) is 11.2. The number of nitrogens with two attached hydrogens (primary N) is 1. The van der Waals surface area contributed by atoms with Gasteiger partial charge in [0.25, 0.3) is 0 Å². The monoisotopic (exact) mass is 240 g/mol. The molecule has 0 saturated heterocycles. The van der Waals surface area contributed by atoms with Gasteiger partial charge in [0.15, 0.2) is 0 Å².